The first-order valence-corrected chi connectivity index (χ1v) is 6.46. The highest BCUT2D eigenvalue weighted by molar-refractivity contribution is 6.30. The quantitative estimate of drug-likeness (QED) is 0.901. The van der Waals surface area contributed by atoms with Gasteiger partial charge in [0.25, 0.3) is 0 Å². The van der Waals surface area contributed by atoms with Gasteiger partial charge < -0.3 is 11.1 Å². The fraction of sp³-hybridized carbons (Fsp3) is 0.133. The van der Waals surface area contributed by atoms with Gasteiger partial charge in [-0.2, -0.15) is 0 Å². The van der Waals surface area contributed by atoms with E-state index in [1.54, 1.807) is 30.3 Å². The molecule has 3 N–H and O–H groups in total. The Labute approximate surface area is 121 Å². The van der Waals surface area contributed by atoms with Crippen molar-refractivity contribution in [1.29, 1.82) is 0 Å². The van der Waals surface area contributed by atoms with Crippen LogP contribution in [0.4, 0.5) is 10.1 Å². The molecule has 0 aliphatic rings. The average molecular weight is 293 g/mol. The lowest BCUT2D eigenvalue weighted by Crippen LogP contribution is -2.11. The maximum absolute atomic E-state index is 13.4. The normalized spacial score (nSPS) is 11.9. The average Bonchev–Trinajstić information content (AvgIpc) is 2.42. The zero-order valence-corrected chi connectivity index (χ0v) is 11.6. The van der Waals surface area contributed by atoms with E-state index in [9.17, 15) is 9.18 Å². The van der Waals surface area contributed by atoms with Gasteiger partial charge in [-0.15, -0.1) is 0 Å². The van der Waals surface area contributed by atoms with Gasteiger partial charge in [0.1, 0.15) is 5.82 Å². The van der Waals surface area contributed by atoms with Crippen molar-refractivity contribution in [2.75, 3.05) is 5.32 Å². The number of amides is 1. The second-order valence-corrected chi connectivity index (χ2v) is 4.89. The van der Waals surface area contributed by atoms with Crippen molar-refractivity contribution < 1.29 is 9.18 Å². The van der Waals surface area contributed by atoms with Crippen LogP contribution in [0.2, 0.25) is 5.02 Å². The van der Waals surface area contributed by atoms with Gasteiger partial charge in [0, 0.05) is 17.3 Å². The zero-order chi connectivity index (χ0) is 14.7. The van der Waals surface area contributed by atoms with E-state index in [4.69, 9.17) is 17.3 Å². The van der Waals surface area contributed by atoms with Crippen LogP contribution in [-0.4, -0.2) is 5.91 Å². The van der Waals surface area contributed by atoms with E-state index in [2.05, 4.69) is 5.32 Å². The Morgan fingerprint density at radius 3 is 2.45 bits per heavy atom. The second kappa shape index (κ2) is 5.92. The summed E-state index contributed by atoms with van der Waals surface area (Å²) >= 11 is 5.65. The number of nitrogens with two attached hydrogens (primary N) is 1. The summed E-state index contributed by atoms with van der Waals surface area (Å²) in [5.74, 6) is -0.911. The number of benzene rings is 2. The SMILES string of the molecule is CC(Nc1ccc(C(N)=O)cc1)c1ccc(Cl)c(F)c1. The van der Waals surface area contributed by atoms with E-state index in [-0.39, 0.29) is 11.1 Å². The summed E-state index contributed by atoms with van der Waals surface area (Å²) in [7, 11) is 0. The van der Waals surface area contributed by atoms with Gasteiger partial charge in [0.15, 0.2) is 0 Å². The van der Waals surface area contributed by atoms with Gasteiger partial charge in [-0.25, -0.2) is 4.39 Å². The molecule has 1 unspecified atom stereocenters. The minimum atomic E-state index is -0.468. The van der Waals surface area contributed by atoms with Crippen molar-refractivity contribution in [2.24, 2.45) is 5.73 Å². The fourth-order valence-corrected chi connectivity index (χ4v) is 1.96. The Kier molecular flexibility index (Phi) is 4.25. The molecule has 0 aromatic heterocycles. The van der Waals surface area contributed by atoms with E-state index in [1.165, 1.54) is 12.1 Å². The fourth-order valence-electron chi connectivity index (χ4n) is 1.85. The highest BCUT2D eigenvalue weighted by Crippen LogP contribution is 2.23. The van der Waals surface area contributed by atoms with Gasteiger partial charge in [-0.1, -0.05) is 17.7 Å². The van der Waals surface area contributed by atoms with Crippen molar-refractivity contribution in [1.82, 2.24) is 0 Å². The Bertz CT molecular complexity index is 628. The van der Waals surface area contributed by atoms with Gasteiger partial charge in [0.2, 0.25) is 5.91 Å². The van der Waals surface area contributed by atoms with Crippen molar-refractivity contribution in [3.05, 3.63) is 64.4 Å². The largest absolute Gasteiger partial charge is 0.379 e. The van der Waals surface area contributed by atoms with Gasteiger partial charge >= 0.3 is 0 Å². The third-order valence-corrected chi connectivity index (χ3v) is 3.30. The molecule has 3 nitrogen and oxygen atoms in total. The van der Waals surface area contributed by atoms with Crippen molar-refractivity contribution in [2.45, 2.75) is 13.0 Å². The smallest absolute Gasteiger partial charge is 0.248 e. The Hall–Kier alpha value is -2.07. The molecule has 1 atom stereocenters. The second-order valence-electron chi connectivity index (χ2n) is 4.48. The summed E-state index contributed by atoms with van der Waals surface area (Å²) in [6.07, 6.45) is 0. The van der Waals surface area contributed by atoms with Crippen LogP contribution < -0.4 is 11.1 Å². The third kappa shape index (κ3) is 3.27. The molecule has 0 spiro atoms. The van der Waals surface area contributed by atoms with E-state index in [1.807, 2.05) is 6.92 Å². The maximum Gasteiger partial charge on any atom is 0.248 e. The topological polar surface area (TPSA) is 55.1 Å². The number of halogens is 2. The molecule has 5 heteroatoms. The molecule has 20 heavy (non-hydrogen) atoms. The van der Waals surface area contributed by atoms with Crippen LogP contribution in [-0.2, 0) is 0 Å². The Morgan fingerprint density at radius 2 is 1.90 bits per heavy atom. The lowest BCUT2D eigenvalue weighted by Gasteiger charge is -2.16. The summed E-state index contributed by atoms with van der Waals surface area (Å²) < 4.78 is 13.4. The van der Waals surface area contributed by atoms with Gasteiger partial charge in [-0.3, -0.25) is 4.79 Å². The molecule has 104 valence electrons. The number of anilines is 1. The van der Waals surface area contributed by atoms with E-state index >= 15 is 0 Å². The molecule has 0 aliphatic heterocycles. The molecule has 2 aromatic carbocycles. The lowest BCUT2D eigenvalue weighted by atomic mass is 10.1. The first kappa shape index (κ1) is 14.3. The molecular weight excluding hydrogens is 279 g/mol. The van der Waals surface area contributed by atoms with Crippen LogP contribution in [0.3, 0.4) is 0 Å². The number of hydrogen-bond donors (Lipinski definition) is 2. The standard InChI is InChI=1S/C15H14ClFN2O/c1-9(11-4-7-13(16)14(17)8-11)19-12-5-2-10(3-6-12)15(18)20/h2-9,19H,1H3,(H2,18,20). The molecule has 0 saturated carbocycles. The molecule has 2 aromatic rings. The molecule has 0 heterocycles. The minimum Gasteiger partial charge on any atom is -0.379 e. The first-order chi connectivity index (χ1) is 9.47. The minimum absolute atomic E-state index is 0.0961. The monoisotopic (exact) mass is 292 g/mol. The van der Waals surface area contributed by atoms with Crippen LogP contribution in [0.1, 0.15) is 28.9 Å². The number of nitrogens with one attached hydrogen (secondary N) is 1. The maximum atomic E-state index is 13.4. The lowest BCUT2D eigenvalue weighted by molar-refractivity contribution is 0.100. The Morgan fingerprint density at radius 1 is 1.25 bits per heavy atom. The van der Waals surface area contributed by atoms with Crippen molar-refractivity contribution in [3.8, 4) is 0 Å². The van der Waals surface area contributed by atoms with Gasteiger partial charge in [0.05, 0.1) is 5.02 Å². The third-order valence-electron chi connectivity index (χ3n) is 3.00. The highest BCUT2D eigenvalue weighted by Gasteiger charge is 2.09. The first-order valence-electron chi connectivity index (χ1n) is 6.08. The van der Waals surface area contributed by atoms with E-state index in [0.717, 1.165) is 11.3 Å². The molecule has 0 radical (unpaired) electrons. The predicted octanol–water partition coefficient (Wildman–Crippen LogP) is 3.75. The van der Waals surface area contributed by atoms with Crippen LogP contribution in [0.25, 0.3) is 0 Å². The number of rotatable bonds is 4. The number of primary amides is 1. The molecule has 0 fully saturated rings. The summed E-state index contributed by atoms with van der Waals surface area (Å²) in [6, 6.07) is 11.4. The predicted molar refractivity (Wildman–Crippen MR) is 78.4 cm³/mol. The van der Waals surface area contributed by atoms with E-state index < -0.39 is 11.7 Å². The van der Waals surface area contributed by atoms with Crippen molar-refractivity contribution >= 4 is 23.2 Å². The highest BCUT2D eigenvalue weighted by atomic mass is 35.5. The summed E-state index contributed by atoms with van der Waals surface area (Å²) in [5, 5.41) is 3.31. The summed E-state index contributed by atoms with van der Waals surface area (Å²) in [6.45, 7) is 1.91. The van der Waals surface area contributed by atoms with E-state index in [0.29, 0.717) is 5.56 Å². The van der Waals surface area contributed by atoms with Crippen LogP contribution >= 0.6 is 11.6 Å². The number of carbonyl (C=O) groups is 1. The molecule has 0 aliphatic carbocycles. The molecule has 0 bridgehead atoms. The van der Waals surface area contributed by atoms with Crippen LogP contribution in [0.5, 0.6) is 0 Å². The van der Waals surface area contributed by atoms with Crippen LogP contribution in [0.15, 0.2) is 42.5 Å². The Balaban J connectivity index is 2.12. The summed E-state index contributed by atoms with van der Waals surface area (Å²) in [4.78, 5) is 11.0. The molecule has 2 rings (SSSR count). The number of carbonyl (C=O) groups excluding carboxylic acids is 1. The summed E-state index contributed by atoms with van der Waals surface area (Å²) in [5.41, 5.74) is 7.22. The molecule has 1 amide bonds. The van der Waals surface area contributed by atoms with Crippen molar-refractivity contribution in [3.63, 3.8) is 0 Å². The zero-order valence-electron chi connectivity index (χ0n) is 10.9. The molecule has 0 saturated heterocycles. The molecular formula is C15H14ClFN2O. The number of hydrogen-bond acceptors (Lipinski definition) is 2. The van der Waals surface area contributed by atoms with Crippen LogP contribution in [0, 0.1) is 5.82 Å². The van der Waals surface area contributed by atoms with Gasteiger partial charge in [-0.05, 0) is 48.9 Å².